The highest BCUT2D eigenvalue weighted by molar-refractivity contribution is 6.39. The Hall–Kier alpha value is -2.17. The maximum absolute atomic E-state index is 12.8. The van der Waals surface area contributed by atoms with Crippen LogP contribution in [0.1, 0.15) is 12.5 Å². The molecular formula is C12H11FO4. The van der Waals surface area contributed by atoms with E-state index in [0.717, 1.165) is 6.07 Å². The van der Waals surface area contributed by atoms with Crippen molar-refractivity contribution in [2.24, 2.45) is 0 Å². The first-order valence-electron chi connectivity index (χ1n) is 4.92. The van der Waals surface area contributed by atoms with Crippen LogP contribution in [-0.2, 0) is 14.3 Å². The first-order chi connectivity index (χ1) is 8.04. The van der Waals surface area contributed by atoms with E-state index in [-0.39, 0.29) is 12.2 Å². The molecule has 1 N–H and O–H groups in total. The second-order valence-electron chi connectivity index (χ2n) is 3.12. The molecule has 0 atom stereocenters. The van der Waals surface area contributed by atoms with Gasteiger partial charge >= 0.3 is 5.97 Å². The Kier molecular flexibility index (Phi) is 4.39. The minimum atomic E-state index is -1.06. The molecule has 0 fully saturated rings. The van der Waals surface area contributed by atoms with Crippen LogP contribution in [0, 0.1) is 5.82 Å². The van der Waals surface area contributed by atoms with Crippen molar-refractivity contribution in [2.45, 2.75) is 6.92 Å². The van der Waals surface area contributed by atoms with Crippen LogP contribution in [0.25, 0.3) is 5.76 Å². The van der Waals surface area contributed by atoms with Crippen LogP contribution < -0.4 is 0 Å². The molecular weight excluding hydrogens is 227 g/mol. The molecule has 0 radical (unpaired) electrons. The summed E-state index contributed by atoms with van der Waals surface area (Å²) in [7, 11) is 0. The molecule has 0 saturated carbocycles. The van der Waals surface area contributed by atoms with Crippen LogP contribution in [0.2, 0.25) is 0 Å². The normalized spacial score (nSPS) is 11.1. The number of halogens is 1. The molecule has 1 rings (SSSR count). The molecule has 0 aromatic heterocycles. The van der Waals surface area contributed by atoms with E-state index in [1.54, 1.807) is 6.92 Å². The first kappa shape index (κ1) is 12.9. The fourth-order valence-electron chi connectivity index (χ4n) is 1.12. The predicted molar refractivity (Wildman–Crippen MR) is 58.6 cm³/mol. The van der Waals surface area contributed by atoms with E-state index in [2.05, 4.69) is 4.74 Å². The average molecular weight is 238 g/mol. The van der Waals surface area contributed by atoms with Gasteiger partial charge in [0, 0.05) is 11.6 Å². The van der Waals surface area contributed by atoms with E-state index < -0.39 is 23.3 Å². The van der Waals surface area contributed by atoms with E-state index >= 15 is 0 Å². The van der Waals surface area contributed by atoms with Gasteiger partial charge in [-0.3, -0.25) is 4.79 Å². The number of esters is 1. The van der Waals surface area contributed by atoms with Crippen molar-refractivity contribution in [3.05, 3.63) is 41.7 Å². The van der Waals surface area contributed by atoms with E-state index in [1.807, 2.05) is 0 Å². The van der Waals surface area contributed by atoms with E-state index in [0.29, 0.717) is 6.08 Å². The molecule has 90 valence electrons. The molecule has 0 heterocycles. The van der Waals surface area contributed by atoms with Crippen LogP contribution in [0.15, 0.2) is 30.3 Å². The number of aliphatic hydroxyl groups is 1. The lowest BCUT2D eigenvalue weighted by Crippen LogP contribution is -2.15. The second kappa shape index (κ2) is 5.79. The number of ether oxygens (including phenoxy) is 1. The molecule has 0 amide bonds. The molecule has 1 aromatic carbocycles. The summed E-state index contributed by atoms with van der Waals surface area (Å²) >= 11 is 0. The Balaban J connectivity index is 2.86. The Bertz CT molecular complexity index is 465. The minimum Gasteiger partial charge on any atom is -0.507 e. The average Bonchev–Trinajstić information content (AvgIpc) is 2.29. The molecule has 1 aromatic rings. The number of rotatable bonds is 4. The number of carbonyl (C=O) groups excluding carboxylic acids is 2. The molecule has 0 aliphatic rings. The van der Waals surface area contributed by atoms with Crippen LogP contribution in [0.3, 0.4) is 0 Å². The third kappa shape index (κ3) is 3.71. The van der Waals surface area contributed by atoms with E-state index in [4.69, 9.17) is 0 Å². The van der Waals surface area contributed by atoms with Crippen LogP contribution in [-0.4, -0.2) is 23.5 Å². The van der Waals surface area contributed by atoms with Gasteiger partial charge in [0.1, 0.15) is 11.6 Å². The van der Waals surface area contributed by atoms with Gasteiger partial charge in [-0.15, -0.1) is 0 Å². The highest BCUT2D eigenvalue weighted by Gasteiger charge is 2.13. The van der Waals surface area contributed by atoms with Crippen LogP contribution >= 0.6 is 0 Å². The summed E-state index contributed by atoms with van der Waals surface area (Å²) in [4.78, 5) is 22.2. The fraction of sp³-hybridized carbons (Fsp3) is 0.167. The predicted octanol–water partition coefficient (Wildman–Crippen LogP) is 1.86. The summed E-state index contributed by atoms with van der Waals surface area (Å²) < 4.78 is 17.3. The minimum absolute atomic E-state index is 0.0686. The standard InChI is InChI=1S/C12H11FO4/c1-2-17-12(16)11(15)7-10(14)8-4-3-5-9(13)6-8/h3-7,14H,2H2,1H3/b10-7-. The van der Waals surface area contributed by atoms with Gasteiger partial charge in [-0.05, 0) is 19.1 Å². The van der Waals surface area contributed by atoms with Crippen molar-refractivity contribution in [2.75, 3.05) is 6.61 Å². The van der Waals surface area contributed by atoms with Crippen molar-refractivity contribution in [3.63, 3.8) is 0 Å². The zero-order valence-electron chi connectivity index (χ0n) is 9.14. The highest BCUT2D eigenvalue weighted by Crippen LogP contribution is 2.12. The van der Waals surface area contributed by atoms with Crippen LogP contribution in [0.4, 0.5) is 4.39 Å². The number of ketones is 1. The molecule has 0 spiro atoms. The quantitative estimate of drug-likeness (QED) is 0.376. The molecule has 17 heavy (non-hydrogen) atoms. The second-order valence-corrected chi connectivity index (χ2v) is 3.12. The Labute approximate surface area is 97.3 Å². The summed E-state index contributed by atoms with van der Waals surface area (Å²) in [5.74, 6) is -3.09. The van der Waals surface area contributed by atoms with Gasteiger partial charge in [-0.1, -0.05) is 12.1 Å². The van der Waals surface area contributed by atoms with Gasteiger partial charge < -0.3 is 9.84 Å². The Morgan fingerprint density at radius 3 is 2.76 bits per heavy atom. The van der Waals surface area contributed by atoms with Crippen molar-refractivity contribution >= 4 is 17.5 Å². The Morgan fingerprint density at radius 1 is 1.47 bits per heavy atom. The lowest BCUT2D eigenvalue weighted by Gasteiger charge is -2.00. The molecule has 0 saturated heterocycles. The number of carbonyl (C=O) groups is 2. The molecule has 0 aliphatic heterocycles. The highest BCUT2D eigenvalue weighted by atomic mass is 19.1. The van der Waals surface area contributed by atoms with Gasteiger partial charge in [-0.25, -0.2) is 9.18 Å². The summed E-state index contributed by atoms with van der Waals surface area (Å²) in [6, 6.07) is 5.03. The van der Waals surface area contributed by atoms with E-state index in [9.17, 15) is 19.1 Å². The van der Waals surface area contributed by atoms with Crippen molar-refractivity contribution in [1.82, 2.24) is 0 Å². The van der Waals surface area contributed by atoms with Gasteiger partial charge in [0.05, 0.1) is 6.61 Å². The van der Waals surface area contributed by atoms with Crippen LogP contribution in [0.5, 0.6) is 0 Å². The lowest BCUT2D eigenvalue weighted by atomic mass is 10.1. The summed E-state index contributed by atoms with van der Waals surface area (Å²) in [6.07, 6.45) is 0.701. The van der Waals surface area contributed by atoms with E-state index in [1.165, 1.54) is 18.2 Å². The summed E-state index contributed by atoms with van der Waals surface area (Å²) in [6.45, 7) is 1.63. The zero-order chi connectivity index (χ0) is 12.8. The Morgan fingerprint density at radius 2 is 2.18 bits per heavy atom. The smallest absolute Gasteiger partial charge is 0.379 e. The van der Waals surface area contributed by atoms with Gasteiger partial charge in [0.15, 0.2) is 0 Å². The van der Waals surface area contributed by atoms with Gasteiger partial charge in [0.25, 0.3) is 5.78 Å². The van der Waals surface area contributed by atoms with Crippen molar-refractivity contribution in [3.8, 4) is 0 Å². The van der Waals surface area contributed by atoms with Crippen molar-refractivity contribution < 1.29 is 23.8 Å². The number of hydrogen-bond acceptors (Lipinski definition) is 4. The summed E-state index contributed by atoms with van der Waals surface area (Å²) in [5.41, 5.74) is 0.114. The largest absolute Gasteiger partial charge is 0.507 e. The maximum Gasteiger partial charge on any atom is 0.379 e. The molecule has 0 unspecified atom stereocenters. The number of aliphatic hydroxyl groups excluding tert-OH is 1. The zero-order valence-corrected chi connectivity index (χ0v) is 9.14. The topological polar surface area (TPSA) is 63.6 Å². The summed E-state index contributed by atoms with van der Waals surface area (Å²) in [5, 5.41) is 9.50. The van der Waals surface area contributed by atoms with Gasteiger partial charge in [0.2, 0.25) is 0 Å². The molecule has 5 heteroatoms. The fourth-order valence-corrected chi connectivity index (χ4v) is 1.12. The maximum atomic E-state index is 12.8. The number of benzene rings is 1. The van der Waals surface area contributed by atoms with Gasteiger partial charge in [-0.2, -0.15) is 0 Å². The molecule has 0 bridgehead atoms. The molecule has 0 aliphatic carbocycles. The number of hydrogen-bond donors (Lipinski definition) is 1. The first-order valence-corrected chi connectivity index (χ1v) is 4.92. The lowest BCUT2D eigenvalue weighted by molar-refractivity contribution is -0.151. The third-order valence-electron chi connectivity index (χ3n) is 1.86. The third-order valence-corrected chi connectivity index (χ3v) is 1.86. The SMILES string of the molecule is CCOC(=O)C(=O)/C=C(\O)c1cccc(F)c1. The monoisotopic (exact) mass is 238 g/mol. The molecule has 4 nitrogen and oxygen atoms in total. The van der Waals surface area contributed by atoms with Crippen molar-refractivity contribution in [1.29, 1.82) is 0 Å².